The van der Waals surface area contributed by atoms with Crippen LogP contribution in [0.4, 0.5) is 0 Å². The first-order valence-electron chi connectivity index (χ1n) is 3.36. The van der Waals surface area contributed by atoms with Gasteiger partial charge in [0.25, 0.3) is 0 Å². The van der Waals surface area contributed by atoms with E-state index in [2.05, 4.69) is 19.6 Å². The van der Waals surface area contributed by atoms with Gasteiger partial charge in [-0.05, 0) is 12.3 Å². The van der Waals surface area contributed by atoms with E-state index >= 15 is 0 Å². The minimum absolute atomic E-state index is 0.662. The molecule has 0 N–H and O–H groups in total. The molecule has 0 saturated carbocycles. The highest BCUT2D eigenvalue weighted by molar-refractivity contribution is 5.29. The summed E-state index contributed by atoms with van der Waals surface area (Å²) in [6.45, 7) is 5.23. The number of nitrogens with zero attached hydrogens (tertiary/aromatic N) is 2. The lowest BCUT2D eigenvalue weighted by molar-refractivity contribution is 0.656. The van der Waals surface area contributed by atoms with Crippen LogP contribution in [0.1, 0.15) is 13.3 Å². The van der Waals surface area contributed by atoms with Crippen molar-refractivity contribution in [3.63, 3.8) is 0 Å². The number of rotatable bonds is 0. The maximum atomic E-state index is 8.19. The minimum Gasteiger partial charge on any atom is -0.193 e. The standard InChI is InChI=1S/C6H7N.C3H3N/c1-5-2-6(3-5)4-7;1-2-3-4/h2,5H,3H2,1H3;2H,1H2. The van der Waals surface area contributed by atoms with Crippen molar-refractivity contribution >= 4 is 0 Å². The third-order valence-electron chi connectivity index (χ3n) is 1.26. The van der Waals surface area contributed by atoms with Gasteiger partial charge in [-0.2, -0.15) is 10.5 Å². The second-order valence-electron chi connectivity index (χ2n) is 2.32. The highest BCUT2D eigenvalue weighted by Gasteiger charge is 2.11. The molecule has 1 atom stereocenters. The summed E-state index contributed by atoms with van der Waals surface area (Å²) in [6.07, 6.45) is 4.18. The zero-order chi connectivity index (χ0) is 8.69. The average molecular weight is 146 g/mol. The lowest BCUT2D eigenvalue weighted by atomic mass is 9.89. The molecule has 1 aliphatic carbocycles. The highest BCUT2D eigenvalue weighted by Crippen LogP contribution is 2.23. The zero-order valence-electron chi connectivity index (χ0n) is 6.54. The molecule has 1 rings (SSSR count). The Bertz CT molecular complexity index is 237. The quantitative estimate of drug-likeness (QED) is 0.492. The Kier molecular flexibility index (Phi) is 4.52. The molecule has 0 aromatic carbocycles. The normalized spacial score (nSPS) is 18.8. The lowest BCUT2D eigenvalue weighted by Crippen LogP contribution is -2.02. The van der Waals surface area contributed by atoms with Gasteiger partial charge in [-0.25, -0.2) is 0 Å². The van der Waals surface area contributed by atoms with E-state index in [-0.39, 0.29) is 0 Å². The van der Waals surface area contributed by atoms with Crippen molar-refractivity contribution in [2.75, 3.05) is 0 Å². The summed E-state index contributed by atoms with van der Waals surface area (Å²) in [6, 6.07) is 3.79. The Morgan fingerprint density at radius 3 is 2.27 bits per heavy atom. The first kappa shape index (κ1) is 9.46. The third-order valence-corrected chi connectivity index (χ3v) is 1.26. The summed E-state index contributed by atoms with van der Waals surface area (Å²) >= 11 is 0. The summed E-state index contributed by atoms with van der Waals surface area (Å²) in [4.78, 5) is 0. The van der Waals surface area contributed by atoms with Gasteiger partial charge in [-0.3, -0.25) is 0 Å². The molecule has 0 aromatic rings. The fourth-order valence-corrected chi connectivity index (χ4v) is 0.740. The fourth-order valence-electron chi connectivity index (χ4n) is 0.740. The molecule has 0 radical (unpaired) electrons. The Hall–Kier alpha value is -1.54. The van der Waals surface area contributed by atoms with Crippen molar-refractivity contribution in [3.05, 3.63) is 24.3 Å². The summed E-state index contributed by atoms with van der Waals surface area (Å²) in [7, 11) is 0. The topological polar surface area (TPSA) is 47.6 Å². The second-order valence-corrected chi connectivity index (χ2v) is 2.32. The van der Waals surface area contributed by atoms with Crippen molar-refractivity contribution in [2.24, 2.45) is 5.92 Å². The van der Waals surface area contributed by atoms with Crippen LogP contribution >= 0.6 is 0 Å². The van der Waals surface area contributed by atoms with E-state index < -0.39 is 0 Å². The van der Waals surface area contributed by atoms with E-state index in [0.717, 1.165) is 12.0 Å². The van der Waals surface area contributed by atoms with Crippen LogP contribution in [0, 0.1) is 28.6 Å². The van der Waals surface area contributed by atoms with E-state index in [1.165, 1.54) is 6.08 Å². The van der Waals surface area contributed by atoms with Gasteiger partial charge in [0.05, 0.1) is 12.1 Å². The molecule has 0 spiro atoms. The van der Waals surface area contributed by atoms with Crippen molar-refractivity contribution in [1.29, 1.82) is 10.5 Å². The first-order valence-corrected chi connectivity index (χ1v) is 3.36. The van der Waals surface area contributed by atoms with Gasteiger partial charge in [0, 0.05) is 11.6 Å². The van der Waals surface area contributed by atoms with Crippen LogP contribution < -0.4 is 0 Å². The van der Waals surface area contributed by atoms with Gasteiger partial charge in [0.2, 0.25) is 0 Å². The van der Waals surface area contributed by atoms with Gasteiger partial charge in [-0.1, -0.05) is 19.6 Å². The van der Waals surface area contributed by atoms with Crippen LogP contribution in [0.5, 0.6) is 0 Å². The predicted molar refractivity (Wildman–Crippen MR) is 43.3 cm³/mol. The zero-order valence-corrected chi connectivity index (χ0v) is 6.54. The van der Waals surface area contributed by atoms with Crippen LogP contribution in [0.25, 0.3) is 0 Å². The molecule has 2 heteroatoms. The second kappa shape index (κ2) is 5.26. The van der Waals surface area contributed by atoms with Gasteiger partial charge < -0.3 is 0 Å². The Balaban J connectivity index is 0.000000218. The van der Waals surface area contributed by atoms with Gasteiger partial charge in [0.1, 0.15) is 0 Å². The van der Waals surface area contributed by atoms with Crippen LogP contribution in [0.15, 0.2) is 24.3 Å². The number of nitriles is 2. The minimum atomic E-state index is 0.662. The molecule has 0 aromatic heterocycles. The van der Waals surface area contributed by atoms with E-state index in [1.807, 2.05) is 6.08 Å². The molecule has 1 aliphatic rings. The Labute approximate surface area is 67.1 Å². The number of hydrogen-bond donors (Lipinski definition) is 0. The van der Waals surface area contributed by atoms with Crippen LogP contribution in [0.2, 0.25) is 0 Å². The first-order chi connectivity index (χ1) is 5.24. The molecule has 56 valence electrons. The molecule has 0 aliphatic heterocycles. The molecular weight excluding hydrogens is 136 g/mol. The number of allylic oxidation sites excluding steroid dienone is 3. The van der Waals surface area contributed by atoms with Crippen molar-refractivity contribution < 1.29 is 0 Å². The Morgan fingerprint density at radius 2 is 2.18 bits per heavy atom. The SMILES string of the molecule is C=CC#N.CC1C=C(C#N)C1. The summed E-state index contributed by atoms with van der Waals surface area (Å²) in [5.74, 6) is 0.662. The predicted octanol–water partition coefficient (Wildman–Crippen LogP) is 2.17. The molecule has 11 heavy (non-hydrogen) atoms. The van der Waals surface area contributed by atoms with Crippen LogP contribution in [-0.4, -0.2) is 0 Å². The largest absolute Gasteiger partial charge is 0.193 e. The molecular formula is C9H10N2. The van der Waals surface area contributed by atoms with E-state index in [0.29, 0.717) is 5.92 Å². The molecule has 1 unspecified atom stereocenters. The van der Waals surface area contributed by atoms with Crippen LogP contribution in [-0.2, 0) is 0 Å². The monoisotopic (exact) mass is 146 g/mol. The average Bonchev–Trinajstić information content (AvgIpc) is 1.99. The molecule has 0 amide bonds. The molecule has 0 heterocycles. The third kappa shape index (κ3) is 3.95. The maximum absolute atomic E-state index is 8.19. The maximum Gasteiger partial charge on any atom is 0.0944 e. The molecule has 0 fully saturated rings. The summed E-state index contributed by atoms with van der Waals surface area (Å²) < 4.78 is 0. The van der Waals surface area contributed by atoms with E-state index in [9.17, 15) is 0 Å². The number of hydrogen-bond acceptors (Lipinski definition) is 2. The van der Waals surface area contributed by atoms with Crippen molar-refractivity contribution in [2.45, 2.75) is 13.3 Å². The Morgan fingerprint density at radius 1 is 1.73 bits per heavy atom. The highest BCUT2D eigenvalue weighted by atomic mass is 14.3. The summed E-state index contributed by atoms with van der Waals surface area (Å²) in [5, 5.41) is 15.7. The molecule has 0 bridgehead atoms. The fraction of sp³-hybridized carbons (Fsp3) is 0.333. The van der Waals surface area contributed by atoms with Gasteiger partial charge >= 0.3 is 0 Å². The molecule has 2 nitrogen and oxygen atoms in total. The molecule has 0 saturated heterocycles. The van der Waals surface area contributed by atoms with E-state index in [1.54, 1.807) is 6.07 Å². The van der Waals surface area contributed by atoms with Crippen LogP contribution in [0.3, 0.4) is 0 Å². The van der Waals surface area contributed by atoms with Crippen molar-refractivity contribution in [1.82, 2.24) is 0 Å². The smallest absolute Gasteiger partial charge is 0.0944 e. The van der Waals surface area contributed by atoms with Crippen molar-refractivity contribution in [3.8, 4) is 12.1 Å². The summed E-state index contributed by atoms with van der Waals surface area (Å²) in [5.41, 5.74) is 0.951. The van der Waals surface area contributed by atoms with E-state index in [4.69, 9.17) is 10.5 Å². The van der Waals surface area contributed by atoms with Gasteiger partial charge in [-0.15, -0.1) is 0 Å². The lowest BCUT2D eigenvalue weighted by Gasteiger charge is -2.14. The van der Waals surface area contributed by atoms with Gasteiger partial charge in [0.15, 0.2) is 0 Å².